The van der Waals surface area contributed by atoms with Crippen LogP contribution in [0.2, 0.25) is 0 Å². The normalized spacial score (nSPS) is 38.2. The number of rotatable bonds is 2. The highest BCUT2D eigenvalue weighted by molar-refractivity contribution is 6.35. The molecule has 0 atom stereocenters. The molecule has 1 aliphatic heterocycles. The molecular weight excluding hydrogens is 306 g/mol. The van der Waals surface area contributed by atoms with Crippen LogP contribution in [0.5, 0.6) is 0 Å². The maximum atomic E-state index is 12.5. The van der Waals surface area contributed by atoms with Crippen molar-refractivity contribution in [2.45, 2.75) is 56.9 Å². The van der Waals surface area contributed by atoms with Crippen LogP contribution in [0.15, 0.2) is 0 Å². The molecule has 0 spiro atoms. The van der Waals surface area contributed by atoms with Crippen LogP contribution in [-0.2, 0) is 14.4 Å². The number of hydrogen-bond donors (Lipinski definition) is 2. The van der Waals surface area contributed by atoms with E-state index in [0.717, 1.165) is 37.0 Å². The summed E-state index contributed by atoms with van der Waals surface area (Å²) < 4.78 is 0. The van der Waals surface area contributed by atoms with Crippen LogP contribution in [0.25, 0.3) is 0 Å². The van der Waals surface area contributed by atoms with E-state index in [9.17, 15) is 14.4 Å². The van der Waals surface area contributed by atoms with E-state index in [-0.39, 0.29) is 17.4 Å². The van der Waals surface area contributed by atoms with Crippen LogP contribution in [0.4, 0.5) is 0 Å². The van der Waals surface area contributed by atoms with Crippen LogP contribution in [0.1, 0.15) is 51.4 Å². The second-order valence-electron chi connectivity index (χ2n) is 8.62. The maximum Gasteiger partial charge on any atom is 0.311 e. The van der Waals surface area contributed by atoms with Gasteiger partial charge in [0.05, 0.1) is 0 Å². The summed E-state index contributed by atoms with van der Waals surface area (Å²) in [5.41, 5.74) is 5.19. The summed E-state index contributed by atoms with van der Waals surface area (Å²) in [4.78, 5) is 37.8. The molecule has 0 radical (unpaired) electrons. The van der Waals surface area contributed by atoms with Crippen molar-refractivity contribution < 1.29 is 14.4 Å². The zero-order valence-corrected chi connectivity index (χ0v) is 14.1. The first kappa shape index (κ1) is 15.9. The minimum absolute atomic E-state index is 0.132. The first-order valence-electron chi connectivity index (χ1n) is 9.35. The van der Waals surface area contributed by atoms with Gasteiger partial charge in [-0.3, -0.25) is 14.4 Å². The number of primary amides is 1. The molecule has 4 aliphatic carbocycles. The number of piperidine rings is 1. The van der Waals surface area contributed by atoms with Crippen LogP contribution in [0.3, 0.4) is 0 Å². The predicted octanol–water partition coefficient (Wildman–Crippen LogP) is 0.795. The predicted molar refractivity (Wildman–Crippen MR) is 87.5 cm³/mol. The van der Waals surface area contributed by atoms with Gasteiger partial charge in [0.2, 0.25) is 5.91 Å². The molecule has 5 fully saturated rings. The van der Waals surface area contributed by atoms with E-state index in [1.165, 1.54) is 19.3 Å². The third-order valence-corrected chi connectivity index (χ3v) is 6.80. The lowest BCUT2D eigenvalue weighted by Gasteiger charge is -2.56. The largest absolute Gasteiger partial charge is 0.369 e. The average molecular weight is 333 g/mol. The molecule has 5 aliphatic rings. The molecule has 1 saturated heterocycles. The van der Waals surface area contributed by atoms with Gasteiger partial charge in [-0.1, -0.05) is 0 Å². The third kappa shape index (κ3) is 2.80. The SMILES string of the molecule is NC(=O)C1CCN(C(=O)C(=O)NC23CC4CC(CC(C4)C2)C3)CC1. The molecule has 0 aromatic heterocycles. The fourth-order valence-corrected chi connectivity index (χ4v) is 6.07. The summed E-state index contributed by atoms with van der Waals surface area (Å²) in [6, 6.07) is 0. The first-order chi connectivity index (χ1) is 11.4. The zero-order chi connectivity index (χ0) is 16.9. The van der Waals surface area contributed by atoms with E-state index in [2.05, 4.69) is 5.32 Å². The lowest BCUT2D eigenvalue weighted by Crippen LogP contribution is -2.62. The Balaban J connectivity index is 1.36. The Bertz CT molecular complexity index is 531. The number of carbonyl (C=O) groups is 3. The minimum Gasteiger partial charge on any atom is -0.369 e. The van der Waals surface area contributed by atoms with Gasteiger partial charge in [-0.15, -0.1) is 0 Å². The highest BCUT2D eigenvalue weighted by atomic mass is 16.2. The Morgan fingerprint density at radius 1 is 0.917 bits per heavy atom. The molecule has 4 bridgehead atoms. The molecule has 6 heteroatoms. The first-order valence-corrected chi connectivity index (χ1v) is 9.35. The Morgan fingerprint density at radius 3 is 1.88 bits per heavy atom. The number of nitrogens with one attached hydrogen (secondary N) is 1. The molecule has 0 aromatic rings. The van der Waals surface area contributed by atoms with Crippen LogP contribution < -0.4 is 11.1 Å². The van der Waals surface area contributed by atoms with Gasteiger partial charge < -0.3 is 16.0 Å². The van der Waals surface area contributed by atoms with Crippen LogP contribution >= 0.6 is 0 Å². The molecule has 5 rings (SSSR count). The van der Waals surface area contributed by atoms with Crippen molar-refractivity contribution in [3.05, 3.63) is 0 Å². The second-order valence-corrected chi connectivity index (χ2v) is 8.62. The molecule has 3 N–H and O–H groups in total. The van der Waals surface area contributed by atoms with E-state index >= 15 is 0 Å². The van der Waals surface area contributed by atoms with Crippen molar-refractivity contribution in [2.24, 2.45) is 29.4 Å². The van der Waals surface area contributed by atoms with Gasteiger partial charge in [0.25, 0.3) is 0 Å². The number of likely N-dealkylation sites (tertiary alicyclic amines) is 1. The number of nitrogens with two attached hydrogens (primary N) is 1. The fraction of sp³-hybridized carbons (Fsp3) is 0.833. The summed E-state index contributed by atoms with van der Waals surface area (Å²) in [5, 5.41) is 3.13. The van der Waals surface area contributed by atoms with E-state index in [1.807, 2.05) is 0 Å². The Hall–Kier alpha value is -1.59. The molecular formula is C18H27N3O3. The van der Waals surface area contributed by atoms with Gasteiger partial charge in [0.1, 0.15) is 0 Å². The van der Waals surface area contributed by atoms with E-state index in [4.69, 9.17) is 5.73 Å². The minimum atomic E-state index is -0.450. The van der Waals surface area contributed by atoms with Crippen molar-refractivity contribution in [1.29, 1.82) is 0 Å². The van der Waals surface area contributed by atoms with Crippen molar-refractivity contribution in [3.8, 4) is 0 Å². The van der Waals surface area contributed by atoms with Crippen LogP contribution in [-0.4, -0.2) is 41.2 Å². The molecule has 4 saturated carbocycles. The zero-order valence-electron chi connectivity index (χ0n) is 14.1. The molecule has 1 heterocycles. The van der Waals surface area contributed by atoms with E-state index in [0.29, 0.717) is 25.9 Å². The average Bonchev–Trinajstić information content (AvgIpc) is 2.52. The van der Waals surface area contributed by atoms with Crippen LogP contribution in [0, 0.1) is 23.7 Å². The van der Waals surface area contributed by atoms with Crippen molar-refractivity contribution in [1.82, 2.24) is 10.2 Å². The van der Waals surface area contributed by atoms with Crippen molar-refractivity contribution >= 4 is 17.7 Å². The van der Waals surface area contributed by atoms with Gasteiger partial charge in [-0.2, -0.15) is 0 Å². The molecule has 0 aromatic carbocycles. The third-order valence-electron chi connectivity index (χ3n) is 6.80. The lowest BCUT2D eigenvalue weighted by molar-refractivity contribution is -0.150. The fourth-order valence-electron chi connectivity index (χ4n) is 6.07. The summed E-state index contributed by atoms with van der Waals surface area (Å²) in [5.74, 6) is 0.845. The topological polar surface area (TPSA) is 92.5 Å². The van der Waals surface area contributed by atoms with E-state index < -0.39 is 11.8 Å². The Morgan fingerprint density at radius 2 is 1.42 bits per heavy atom. The number of nitrogens with zero attached hydrogens (tertiary/aromatic N) is 1. The van der Waals surface area contributed by atoms with Gasteiger partial charge in [0, 0.05) is 24.5 Å². The molecule has 24 heavy (non-hydrogen) atoms. The van der Waals surface area contributed by atoms with Gasteiger partial charge >= 0.3 is 11.8 Å². The summed E-state index contributed by atoms with van der Waals surface area (Å²) >= 11 is 0. The Labute approximate surface area is 142 Å². The number of hydrogen-bond acceptors (Lipinski definition) is 3. The summed E-state index contributed by atoms with van der Waals surface area (Å²) in [6.07, 6.45) is 8.18. The van der Waals surface area contributed by atoms with E-state index in [1.54, 1.807) is 4.90 Å². The maximum absolute atomic E-state index is 12.5. The molecule has 0 unspecified atom stereocenters. The van der Waals surface area contributed by atoms with Crippen molar-refractivity contribution in [2.75, 3.05) is 13.1 Å². The summed E-state index contributed by atoms with van der Waals surface area (Å²) in [7, 11) is 0. The highest BCUT2D eigenvalue weighted by Crippen LogP contribution is 2.55. The van der Waals surface area contributed by atoms with Crippen molar-refractivity contribution in [3.63, 3.8) is 0 Å². The molecule has 132 valence electrons. The van der Waals surface area contributed by atoms with Gasteiger partial charge in [-0.05, 0) is 69.1 Å². The Kier molecular flexibility index (Phi) is 3.81. The number of amides is 3. The summed E-state index contributed by atoms with van der Waals surface area (Å²) in [6.45, 7) is 0.890. The monoisotopic (exact) mass is 333 g/mol. The molecule has 3 amide bonds. The van der Waals surface area contributed by atoms with Gasteiger partial charge in [-0.25, -0.2) is 0 Å². The smallest absolute Gasteiger partial charge is 0.311 e. The quantitative estimate of drug-likeness (QED) is 0.732. The second kappa shape index (κ2) is 5.74. The molecule has 6 nitrogen and oxygen atoms in total. The lowest BCUT2D eigenvalue weighted by atomic mass is 9.53. The number of carbonyl (C=O) groups excluding carboxylic acids is 3. The van der Waals surface area contributed by atoms with Gasteiger partial charge in [0.15, 0.2) is 0 Å². The highest BCUT2D eigenvalue weighted by Gasteiger charge is 2.52. The standard InChI is InChI=1S/C18H27N3O3/c19-15(22)14-1-3-21(4-2-14)17(24)16(23)20-18-8-11-5-12(9-18)7-13(6-11)10-18/h11-14H,1-10H2,(H2,19,22)(H,20,23).